The Morgan fingerprint density at radius 1 is 1.75 bits per heavy atom. The number of esters is 1. The van der Waals surface area contributed by atoms with Gasteiger partial charge in [-0.05, 0) is 12.1 Å². The molecule has 1 unspecified atom stereocenters. The van der Waals surface area contributed by atoms with Gasteiger partial charge >= 0.3 is 5.97 Å². The van der Waals surface area contributed by atoms with Crippen molar-refractivity contribution in [3.05, 3.63) is 23.9 Å². The highest BCUT2D eigenvalue weighted by Crippen LogP contribution is 2.22. The van der Waals surface area contributed by atoms with Crippen LogP contribution in [0.4, 0.5) is 0 Å². The molecule has 5 heteroatoms. The molecule has 0 aliphatic rings. The summed E-state index contributed by atoms with van der Waals surface area (Å²) >= 11 is 1.39. The van der Waals surface area contributed by atoms with Crippen molar-refractivity contribution in [3.8, 4) is 6.07 Å². The average molecular weight is 236 g/mol. The minimum absolute atomic E-state index is 0.205. The summed E-state index contributed by atoms with van der Waals surface area (Å²) in [5, 5.41) is 9.50. The van der Waals surface area contributed by atoms with E-state index in [1.807, 2.05) is 0 Å². The van der Waals surface area contributed by atoms with E-state index in [9.17, 15) is 4.79 Å². The van der Waals surface area contributed by atoms with Gasteiger partial charge in [-0.1, -0.05) is 6.92 Å². The van der Waals surface area contributed by atoms with Crippen LogP contribution in [0.2, 0.25) is 0 Å². The molecule has 16 heavy (non-hydrogen) atoms. The molecule has 1 aromatic heterocycles. The zero-order chi connectivity index (χ0) is 12.0. The van der Waals surface area contributed by atoms with Gasteiger partial charge in [0.2, 0.25) is 0 Å². The van der Waals surface area contributed by atoms with Crippen LogP contribution in [-0.4, -0.2) is 23.8 Å². The second-order valence-corrected chi connectivity index (χ2v) is 4.21. The number of aromatic nitrogens is 1. The molecule has 0 aliphatic heterocycles. The number of carbonyl (C=O) groups excluding carboxylic acids is 1. The zero-order valence-corrected chi connectivity index (χ0v) is 9.95. The maximum atomic E-state index is 11.2. The topological polar surface area (TPSA) is 63.0 Å². The molecule has 1 heterocycles. The molecule has 0 saturated heterocycles. The van der Waals surface area contributed by atoms with E-state index in [-0.39, 0.29) is 11.9 Å². The molecule has 0 amide bonds. The molecule has 0 spiro atoms. The lowest BCUT2D eigenvalue weighted by Gasteiger charge is -2.08. The smallest absolute Gasteiger partial charge is 0.309 e. The van der Waals surface area contributed by atoms with Crippen molar-refractivity contribution < 1.29 is 9.53 Å². The van der Waals surface area contributed by atoms with Crippen molar-refractivity contribution in [3.63, 3.8) is 0 Å². The first-order valence-electron chi connectivity index (χ1n) is 4.74. The van der Waals surface area contributed by atoms with Gasteiger partial charge in [0.1, 0.15) is 11.1 Å². The van der Waals surface area contributed by atoms with Crippen molar-refractivity contribution in [1.29, 1.82) is 5.26 Å². The Labute approximate surface area is 98.6 Å². The van der Waals surface area contributed by atoms with Crippen molar-refractivity contribution >= 4 is 17.7 Å². The van der Waals surface area contributed by atoms with Crippen LogP contribution in [0.3, 0.4) is 0 Å². The van der Waals surface area contributed by atoms with Crippen molar-refractivity contribution in [2.24, 2.45) is 5.92 Å². The Bertz CT molecular complexity index is 415. The van der Waals surface area contributed by atoms with Crippen LogP contribution >= 0.6 is 11.8 Å². The number of thioether (sulfide) groups is 1. The largest absolute Gasteiger partial charge is 0.469 e. The van der Waals surface area contributed by atoms with Crippen molar-refractivity contribution in [1.82, 2.24) is 4.98 Å². The summed E-state index contributed by atoms with van der Waals surface area (Å²) in [5.41, 5.74) is 0.532. The van der Waals surface area contributed by atoms with Gasteiger partial charge in [0, 0.05) is 11.9 Å². The lowest BCUT2D eigenvalue weighted by Crippen LogP contribution is -2.14. The van der Waals surface area contributed by atoms with E-state index >= 15 is 0 Å². The number of ether oxygens (including phenoxy) is 1. The number of rotatable bonds is 4. The molecular weight excluding hydrogens is 224 g/mol. The fraction of sp³-hybridized carbons (Fsp3) is 0.364. The number of methoxy groups -OCH3 is 1. The van der Waals surface area contributed by atoms with Crippen LogP contribution in [0.25, 0.3) is 0 Å². The lowest BCUT2D eigenvalue weighted by molar-refractivity contribution is -0.143. The minimum Gasteiger partial charge on any atom is -0.469 e. The third-order valence-electron chi connectivity index (χ3n) is 1.97. The summed E-state index contributed by atoms with van der Waals surface area (Å²) in [7, 11) is 1.37. The summed E-state index contributed by atoms with van der Waals surface area (Å²) in [5.74, 6) is 0.101. The fourth-order valence-electron chi connectivity index (χ4n) is 1.06. The Balaban J connectivity index is 2.62. The number of hydrogen-bond acceptors (Lipinski definition) is 5. The molecule has 84 valence electrons. The first-order valence-corrected chi connectivity index (χ1v) is 5.73. The van der Waals surface area contributed by atoms with Gasteiger partial charge in [-0.3, -0.25) is 4.79 Å². The van der Waals surface area contributed by atoms with Crippen LogP contribution < -0.4 is 0 Å². The summed E-state index contributed by atoms with van der Waals surface area (Å²) in [6, 6.07) is 5.48. The molecule has 1 aromatic rings. The number of hydrogen-bond donors (Lipinski definition) is 0. The van der Waals surface area contributed by atoms with Crippen molar-refractivity contribution in [2.75, 3.05) is 12.9 Å². The van der Waals surface area contributed by atoms with E-state index in [0.717, 1.165) is 0 Å². The summed E-state index contributed by atoms with van der Waals surface area (Å²) in [6.07, 6.45) is 1.63. The van der Waals surface area contributed by atoms with Gasteiger partial charge in [-0.25, -0.2) is 4.98 Å². The van der Waals surface area contributed by atoms with Gasteiger partial charge in [-0.15, -0.1) is 11.8 Å². The maximum absolute atomic E-state index is 11.2. The molecular formula is C11H12N2O2S. The molecule has 0 aromatic carbocycles. The van der Waals surface area contributed by atoms with E-state index < -0.39 is 0 Å². The molecule has 0 bridgehead atoms. The van der Waals surface area contributed by atoms with E-state index in [1.165, 1.54) is 18.9 Å². The van der Waals surface area contributed by atoms with E-state index in [4.69, 9.17) is 5.26 Å². The Morgan fingerprint density at radius 3 is 3.12 bits per heavy atom. The quantitative estimate of drug-likeness (QED) is 0.589. The summed E-state index contributed by atoms with van der Waals surface area (Å²) in [6.45, 7) is 1.79. The first kappa shape index (κ1) is 12.5. The molecule has 0 N–H and O–H groups in total. The van der Waals surface area contributed by atoms with Crippen molar-refractivity contribution in [2.45, 2.75) is 11.9 Å². The lowest BCUT2D eigenvalue weighted by atomic mass is 10.2. The van der Waals surface area contributed by atoms with E-state index in [2.05, 4.69) is 15.8 Å². The predicted molar refractivity (Wildman–Crippen MR) is 60.9 cm³/mol. The maximum Gasteiger partial charge on any atom is 0.309 e. The molecule has 0 radical (unpaired) electrons. The third-order valence-corrected chi connectivity index (χ3v) is 3.23. The monoisotopic (exact) mass is 236 g/mol. The molecule has 1 rings (SSSR count). The molecule has 1 atom stereocenters. The SMILES string of the molecule is COC(=O)C(C)CSc1ncccc1C#N. The average Bonchev–Trinajstić information content (AvgIpc) is 2.35. The Kier molecular flexibility index (Phi) is 4.80. The van der Waals surface area contributed by atoms with Crippen LogP contribution in [0, 0.1) is 17.2 Å². The number of nitrogens with zero attached hydrogens (tertiary/aromatic N) is 2. The second-order valence-electron chi connectivity index (χ2n) is 3.20. The second kappa shape index (κ2) is 6.13. The highest BCUT2D eigenvalue weighted by Gasteiger charge is 2.14. The Morgan fingerprint density at radius 2 is 2.50 bits per heavy atom. The van der Waals surface area contributed by atoms with E-state index in [0.29, 0.717) is 16.3 Å². The van der Waals surface area contributed by atoms with Gasteiger partial charge in [0.05, 0.1) is 18.6 Å². The van der Waals surface area contributed by atoms with Gasteiger partial charge < -0.3 is 4.74 Å². The molecule has 0 saturated carbocycles. The van der Waals surface area contributed by atoms with Crippen LogP contribution in [0.15, 0.2) is 23.4 Å². The van der Waals surface area contributed by atoms with Crippen LogP contribution in [-0.2, 0) is 9.53 Å². The number of pyridine rings is 1. The van der Waals surface area contributed by atoms with Crippen LogP contribution in [0.1, 0.15) is 12.5 Å². The minimum atomic E-state index is -0.248. The normalized spacial score (nSPS) is 11.6. The third kappa shape index (κ3) is 3.24. The number of nitriles is 1. The van der Waals surface area contributed by atoms with Gasteiger partial charge in [0.15, 0.2) is 0 Å². The predicted octanol–water partition coefficient (Wildman–Crippen LogP) is 1.85. The highest BCUT2D eigenvalue weighted by atomic mass is 32.2. The number of carbonyl (C=O) groups is 1. The summed E-state index contributed by atoms with van der Waals surface area (Å²) < 4.78 is 4.62. The highest BCUT2D eigenvalue weighted by molar-refractivity contribution is 7.99. The van der Waals surface area contributed by atoms with Crippen LogP contribution in [0.5, 0.6) is 0 Å². The van der Waals surface area contributed by atoms with E-state index in [1.54, 1.807) is 25.3 Å². The standard InChI is InChI=1S/C11H12N2O2S/c1-8(11(14)15-2)7-16-10-9(6-12)4-3-5-13-10/h3-5,8H,7H2,1-2H3. The summed E-state index contributed by atoms with van der Waals surface area (Å²) in [4.78, 5) is 15.3. The Hall–Kier alpha value is -1.54. The molecule has 0 aliphatic carbocycles. The first-order chi connectivity index (χ1) is 7.69. The molecule has 4 nitrogen and oxygen atoms in total. The fourth-order valence-corrected chi connectivity index (χ4v) is 2.01. The zero-order valence-electron chi connectivity index (χ0n) is 9.14. The van der Waals surface area contributed by atoms with Gasteiger partial charge in [-0.2, -0.15) is 5.26 Å². The van der Waals surface area contributed by atoms with Gasteiger partial charge in [0.25, 0.3) is 0 Å². The molecule has 0 fully saturated rings.